The Hall–Kier alpha value is -1.71. The Morgan fingerprint density at radius 3 is 1.85 bits per heavy atom. The molecule has 2 fully saturated rings. The Labute approximate surface area is 155 Å². The van der Waals surface area contributed by atoms with Crippen molar-refractivity contribution in [3.8, 4) is 0 Å². The Kier molecular flexibility index (Phi) is 7.66. The Morgan fingerprint density at radius 1 is 0.769 bits per heavy atom. The number of anilines is 3. The highest BCUT2D eigenvalue weighted by molar-refractivity contribution is 5.46. The van der Waals surface area contributed by atoms with E-state index in [2.05, 4.69) is 25.1 Å². The van der Waals surface area contributed by atoms with E-state index in [0.29, 0.717) is 45.5 Å². The number of hydrogen-bond donors (Lipinski definition) is 2. The number of hydrogen-bond acceptors (Lipinski definition) is 9. The third-order valence-electron chi connectivity index (χ3n) is 4.55. The van der Waals surface area contributed by atoms with Gasteiger partial charge in [-0.3, -0.25) is 0 Å². The van der Waals surface area contributed by atoms with E-state index in [1.54, 1.807) is 0 Å². The summed E-state index contributed by atoms with van der Waals surface area (Å²) in [5, 5.41) is 3.27. The van der Waals surface area contributed by atoms with Crippen molar-refractivity contribution >= 4 is 17.8 Å². The first-order valence-corrected chi connectivity index (χ1v) is 9.72. The molecule has 0 bridgehead atoms. The molecule has 2 aliphatic rings. The number of aromatic nitrogens is 3. The fourth-order valence-electron chi connectivity index (χ4n) is 3.19. The van der Waals surface area contributed by atoms with Gasteiger partial charge in [-0.05, 0) is 25.7 Å². The molecule has 2 aliphatic heterocycles. The lowest BCUT2D eigenvalue weighted by atomic mass is 10.4. The number of nitrogens with zero attached hydrogens (tertiary/aromatic N) is 5. The highest BCUT2D eigenvalue weighted by Gasteiger charge is 2.21. The number of nitrogens with two attached hydrogens (primary N) is 1. The number of nitrogens with one attached hydrogen (secondary N) is 1. The molecule has 9 nitrogen and oxygen atoms in total. The minimum absolute atomic E-state index is 0.541. The van der Waals surface area contributed by atoms with E-state index in [1.807, 2.05) is 0 Å². The maximum atomic E-state index is 5.54. The predicted molar refractivity (Wildman–Crippen MR) is 102 cm³/mol. The zero-order chi connectivity index (χ0) is 18.0. The molecule has 3 rings (SSSR count). The molecule has 0 aromatic carbocycles. The zero-order valence-corrected chi connectivity index (χ0v) is 15.5. The summed E-state index contributed by atoms with van der Waals surface area (Å²) in [4.78, 5) is 18.4. The summed E-state index contributed by atoms with van der Waals surface area (Å²) in [7, 11) is 0. The van der Waals surface area contributed by atoms with Crippen LogP contribution in [-0.2, 0) is 9.47 Å². The van der Waals surface area contributed by atoms with Crippen LogP contribution in [0.4, 0.5) is 17.8 Å². The van der Waals surface area contributed by atoms with Gasteiger partial charge >= 0.3 is 0 Å². The second-order valence-electron chi connectivity index (χ2n) is 6.59. The smallest absolute Gasteiger partial charge is 0.231 e. The van der Waals surface area contributed by atoms with E-state index < -0.39 is 0 Å². The van der Waals surface area contributed by atoms with Crippen LogP contribution in [0.5, 0.6) is 0 Å². The average Bonchev–Trinajstić information content (AvgIpc) is 3.38. The maximum absolute atomic E-state index is 5.54. The Bertz CT molecular complexity index is 500. The van der Waals surface area contributed by atoms with Crippen LogP contribution in [-0.4, -0.2) is 80.6 Å². The molecule has 0 saturated carbocycles. The van der Waals surface area contributed by atoms with E-state index in [1.165, 1.54) is 25.7 Å². The molecule has 146 valence electrons. The Morgan fingerprint density at radius 2 is 1.31 bits per heavy atom. The summed E-state index contributed by atoms with van der Waals surface area (Å²) in [6.45, 7) is 7.57. The van der Waals surface area contributed by atoms with Crippen LogP contribution >= 0.6 is 0 Å². The molecule has 0 atom stereocenters. The van der Waals surface area contributed by atoms with Gasteiger partial charge in [-0.15, -0.1) is 0 Å². The van der Waals surface area contributed by atoms with Gasteiger partial charge in [0.1, 0.15) is 0 Å². The van der Waals surface area contributed by atoms with E-state index in [-0.39, 0.29) is 0 Å². The van der Waals surface area contributed by atoms with Gasteiger partial charge in [0.15, 0.2) is 0 Å². The lowest BCUT2D eigenvalue weighted by Crippen LogP contribution is -2.26. The normalized spacial score (nSPS) is 17.3. The summed E-state index contributed by atoms with van der Waals surface area (Å²) in [5.41, 5.74) is 5.37. The molecular formula is C17H31N7O2. The molecule has 26 heavy (non-hydrogen) atoms. The second-order valence-corrected chi connectivity index (χ2v) is 6.59. The predicted octanol–water partition coefficient (Wildman–Crippen LogP) is 0.476. The van der Waals surface area contributed by atoms with E-state index in [0.717, 1.165) is 38.1 Å². The quantitative estimate of drug-likeness (QED) is 0.542. The van der Waals surface area contributed by atoms with Crippen LogP contribution in [0.2, 0.25) is 0 Å². The van der Waals surface area contributed by atoms with Crippen molar-refractivity contribution in [2.45, 2.75) is 25.7 Å². The summed E-state index contributed by atoms with van der Waals surface area (Å²) in [6, 6.07) is 0. The zero-order valence-electron chi connectivity index (χ0n) is 15.5. The summed E-state index contributed by atoms with van der Waals surface area (Å²) >= 11 is 0. The lowest BCUT2D eigenvalue weighted by molar-refractivity contribution is 0.0547. The molecule has 3 N–H and O–H groups in total. The van der Waals surface area contributed by atoms with Crippen LogP contribution in [0.15, 0.2) is 0 Å². The fourth-order valence-corrected chi connectivity index (χ4v) is 3.19. The second kappa shape index (κ2) is 10.4. The first-order valence-electron chi connectivity index (χ1n) is 9.72. The maximum Gasteiger partial charge on any atom is 0.231 e. The number of rotatable bonds is 11. The third-order valence-corrected chi connectivity index (χ3v) is 4.55. The van der Waals surface area contributed by atoms with Crippen LogP contribution in [0.3, 0.4) is 0 Å². The monoisotopic (exact) mass is 365 g/mol. The van der Waals surface area contributed by atoms with Gasteiger partial charge in [-0.25, -0.2) is 0 Å². The molecule has 1 aromatic rings. The van der Waals surface area contributed by atoms with Gasteiger partial charge in [0, 0.05) is 39.3 Å². The van der Waals surface area contributed by atoms with Gasteiger partial charge in [-0.1, -0.05) is 0 Å². The summed E-state index contributed by atoms with van der Waals surface area (Å²) in [6.07, 6.45) is 4.81. The SMILES string of the molecule is NCCOCCOCCNc1nc(N2CCCC2)nc(N2CCCC2)n1. The van der Waals surface area contributed by atoms with Gasteiger partial charge < -0.3 is 30.3 Å². The molecule has 0 aliphatic carbocycles. The minimum atomic E-state index is 0.541. The molecule has 0 spiro atoms. The van der Waals surface area contributed by atoms with Crippen molar-refractivity contribution in [1.82, 2.24) is 15.0 Å². The van der Waals surface area contributed by atoms with Crippen LogP contribution < -0.4 is 20.9 Å². The molecule has 1 aromatic heterocycles. The molecule has 2 saturated heterocycles. The van der Waals surface area contributed by atoms with Crippen LogP contribution in [0.1, 0.15) is 25.7 Å². The molecular weight excluding hydrogens is 334 g/mol. The number of ether oxygens (including phenoxy) is 2. The third kappa shape index (κ3) is 5.65. The van der Waals surface area contributed by atoms with Crippen LogP contribution in [0, 0.1) is 0 Å². The van der Waals surface area contributed by atoms with Gasteiger partial charge in [-0.2, -0.15) is 15.0 Å². The standard InChI is InChI=1S/C17H31N7O2/c18-5-11-25-13-14-26-12-6-19-15-20-16(23-7-1-2-8-23)22-17(21-15)24-9-3-4-10-24/h1-14,18H2,(H,19,20,21,22). The van der Waals surface area contributed by atoms with E-state index in [9.17, 15) is 0 Å². The Balaban J connectivity index is 1.51. The van der Waals surface area contributed by atoms with Crippen molar-refractivity contribution in [3.63, 3.8) is 0 Å². The topological polar surface area (TPSA) is 102 Å². The van der Waals surface area contributed by atoms with Crippen molar-refractivity contribution in [1.29, 1.82) is 0 Å². The van der Waals surface area contributed by atoms with Gasteiger partial charge in [0.2, 0.25) is 17.8 Å². The first-order chi connectivity index (χ1) is 12.9. The van der Waals surface area contributed by atoms with Crippen LogP contribution in [0.25, 0.3) is 0 Å². The molecule has 0 amide bonds. The van der Waals surface area contributed by atoms with E-state index in [4.69, 9.17) is 20.2 Å². The molecule has 0 radical (unpaired) electrons. The highest BCUT2D eigenvalue weighted by Crippen LogP contribution is 2.22. The van der Waals surface area contributed by atoms with Crippen molar-refractivity contribution in [2.75, 3.05) is 80.8 Å². The average molecular weight is 365 g/mol. The highest BCUT2D eigenvalue weighted by atomic mass is 16.5. The lowest BCUT2D eigenvalue weighted by Gasteiger charge is -2.20. The summed E-state index contributed by atoms with van der Waals surface area (Å²) < 4.78 is 10.8. The van der Waals surface area contributed by atoms with E-state index >= 15 is 0 Å². The van der Waals surface area contributed by atoms with Crippen molar-refractivity contribution < 1.29 is 9.47 Å². The van der Waals surface area contributed by atoms with Gasteiger partial charge in [0.05, 0.1) is 26.4 Å². The largest absolute Gasteiger partial charge is 0.378 e. The van der Waals surface area contributed by atoms with Crippen molar-refractivity contribution in [3.05, 3.63) is 0 Å². The molecule has 9 heteroatoms. The fraction of sp³-hybridized carbons (Fsp3) is 0.824. The molecule has 3 heterocycles. The van der Waals surface area contributed by atoms with Gasteiger partial charge in [0.25, 0.3) is 0 Å². The summed E-state index contributed by atoms with van der Waals surface area (Å²) in [5.74, 6) is 2.21. The first kappa shape index (κ1) is 19.1. The van der Waals surface area contributed by atoms with Crippen molar-refractivity contribution in [2.24, 2.45) is 5.73 Å². The minimum Gasteiger partial charge on any atom is -0.378 e. The molecule has 0 unspecified atom stereocenters.